The van der Waals surface area contributed by atoms with Crippen LogP contribution in [0.15, 0.2) is 116 Å². The first-order valence-corrected chi connectivity index (χ1v) is 10.2. The Kier molecular flexibility index (Phi) is 4.02. The summed E-state index contributed by atoms with van der Waals surface area (Å²) < 4.78 is 2.44. The van der Waals surface area contributed by atoms with Gasteiger partial charge in [0.1, 0.15) is 0 Å². The van der Waals surface area contributed by atoms with Gasteiger partial charge in [0, 0.05) is 0 Å². The van der Waals surface area contributed by atoms with Crippen molar-refractivity contribution in [2.75, 3.05) is 0 Å². The molecule has 0 bridgehead atoms. The third-order valence-corrected chi connectivity index (χ3v) is 9.15. The van der Waals surface area contributed by atoms with Crippen LogP contribution in [-0.4, -0.2) is 4.34 Å². The number of hydrogen-bond donors (Lipinski definition) is 0. The molecule has 4 aromatic rings. The van der Waals surface area contributed by atoms with Crippen LogP contribution in [0, 0.1) is 0 Å². The van der Waals surface area contributed by atoms with Gasteiger partial charge in [0.2, 0.25) is 0 Å². The van der Waals surface area contributed by atoms with Crippen LogP contribution in [0.25, 0.3) is 0 Å². The van der Waals surface area contributed by atoms with Crippen molar-refractivity contribution in [1.82, 2.24) is 4.34 Å². The zero-order chi connectivity index (χ0) is 16.2. The second kappa shape index (κ2) is 6.47. The van der Waals surface area contributed by atoms with Crippen molar-refractivity contribution in [2.45, 2.75) is 0 Å². The first-order valence-electron chi connectivity index (χ1n) is 8.22. The molecule has 4 rings (SSSR count). The summed E-state index contributed by atoms with van der Waals surface area (Å²) in [6.07, 6.45) is 4.42. The van der Waals surface area contributed by atoms with Crippen LogP contribution in [0.5, 0.6) is 0 Å². The normalized spacial score (nSPS) is 12.0. The number of benzene rings is 3. The van der Waals surface area contributed by atoms with E-state index in [0.29, 0.717) is 0 Å². The average molecular weight is 329 g/mol. The molecule has 24 heavy (non-hydrogen) atoms. The van der Waals surface area contributed by atoms with Crippen LogP contribution in [0.1, 0.15) is 0 Å². The first-order chi connectivity index (χ1) is 11.9. The van der Waals surface area contributed by atoms with Gasteiger partial charge in [0.25, 0.3) is 0 Å². The summed E-state index contributed by atoms with van der Waals surface area (Å²) in [5.41, 5.74) is 0. The maximum absolute atomic E-state index is 2.44. The minimum atomic E-state index is -2.33. The monoisotopic (exact) mass is 329 g/mol. The Labute approximate surface area is 143 Å². The molecule has 1 aromatic heterocycles. The third-order valence-electron chi connectivity index (χ3n) is 4.57. The van der Waals surface area contributed by atoms with Gasteiger partial charge in [-0.05, 0) is 0 Å². The summed E-state index contributed by atoms with van der Waals surface area (Å²) in [5, 5.41) is 4.16. The fourth-order valence-electron chi connectivity index (χ4n) is 3.54. The molecular formula is C22H20NP. The minimum absolute atomic E-state index is 1.39. The Morgan fingerprint density at radius 1 is 0.417 bits per heavy atom. The quantitative estimate of drug-likeness (QED) is 0.499. The SMILES string of the molecule is c1ccc([PH](c2ccccc2)(c2ccccc2)n2cccc2)cc1. The van der Waals surface area contributed by atoms with E-state index in [4.69, 9.17) is 0 Å². The second-order valence-electron chi connectivity index (χ2n) is 5.90. The standard InChI is InChI=1S/C22H20NP/c1-4-12-20(13-5-1)24(23-18-10-11-19-23,21-14-6-2-7-15-21)22-16-8-3-9-17-22/h1-19,24H. The molecule has 118 valence electrons. The van der Waals surface area contributed by atoms with Crippen LogP contribution < -0.4 is 15.9 Å². The van der Waals surface area contributed by atoms with E-state index in [1.165, 1.54) is 15.9 Å². The molecule has 3 aromatic carbocycles. The molecule has 0 aliphatic rings. The Morgan fingerprint density at radius 2 is 0.750 bits per heavy atom. The van der Waals surface area contributed by atoms with Crippen molar-refractivity contribution in [2.24, 2.45) is 0 Å². The molecule has 1 heterocycles. The molecule has 0 N–H and O–H groups in total. The fourth-order valence-corrected chi connectivity index (χ4v) is 8.08. The predicted molar refractivity (Wildman–Crippen MR) is 106 cm³/mol. The van der Waals surface area contributed by atoms with Gasteiger partial charge in [0.15, 0.2) is 0 Å². The molecule has 0 amide bonds. The topological polar surface area (TPSA) is 4.93 Å². The second-order valence-corrected chi connectivity index (χ2v) is 9.57. The maximum atomic E-state index is 2.44. The molecule has 1 nitrogen and oxygen atoms in total. The zero-order valence-corrected chi connectivity index (χ0v) is 14.4. The van der Waals surface area contributed by atoms with E-state index in [-0.39, 0.29) is 0 Å². The van der Waals surface area contributed by atoms with E-state index < -0.39 is 7.41 Å². The van der Waals surface area contributed by atoms with Crippen molar-refractivity contribution in [3.8, 4) is 0 Å². The molecule has 2 heteroatoms. The predicted octanol–water partition coefficient (Wildman–Crippen LogP) is 3.98. The molecular weight excluding hydrogens is 309 g/mol. The van der Waals surface area contributed by atoms with E-state index in [0.717, 1.165) is 0 Å². The van der Waals surface area contributed by atoms with Gasteiger partial charge in [-0.1, -0.05) is 0 Å². The van der Waals surface area contributed by atoms with Crippen molar-refractivity contribution >= 4 is 23.3 Å². The van der Waals surface area contributed by atoms with Gasteiger partial charge in [-0.25, -0.2) is 0 Å². The summed E-state index contributed by atoms with van der Waals surface area (Å²) in [4.78, 5) is 0. The Morgan fingerprint density at radius 3 is 1.08 bits per heavy atom. The number of hydrogen-bond acceptors (Lipinski definition) is 0. The summed E-state index contributed by atoms with van der Waals surface area (Å²) in [7, 11) is -2.33. The molecule has 0 saturated heterocycles. The van der Waals surface area contributed by atoms with E-state index >= 15 is 0 Å². The molecule has 0 atom stereocenters. The molecule has 0 fully saturated rings. The van der Waals surface area contributed by atoms with Gasteiger partial charge in [0.05, 0.1) is 0 Å². The number of nitrogens with zero attached hydrogens (tertiary/aromatic N) is 1. The molecule has 0 aliphatic heterocycles. The Hall–Kier alpha value is -2.63. The van der Waals surface area contributed by atoms with Crippen LogP contribution in [0.4, 0.5) is 0 Å². The van der Waals surface area contributed by atoms with Crippen molar-refractivity contribution in [3.63, 3.8) is 0 Å². The van der Waals surface area contributed by atoms with Crippen molar-refractivity contribution in [3.05, 3.63) is 116 Å². The number of rotatable bonds is 4. The van der Waals surface area contributed by atoms with E-state index in [9.17, 15) is 0 Å². The number of aromatic nitrogens is 1. The fraction of sp³-hybridized carbons (Fsp3) is 0. The summed E-state index contributed by atoms with van der Waals surface area (Å²) in [5.74, 6) is 0. The molecule has 0 aliphatic carbocycles. The molecule has 0 saturated carbocycles. The third kappa shape index (κ3) is 2.38. The molecule has 0 spiro atoms. The van der Waals surface area contributed by atoms with E-state index in [1.807, 2.05) is 0 Å². The van der Waals surface area contributed by atoms with Crippen LogP contribution in [-0.2, 0) is 0 Å². The van der Waals surface area contributed by atoms with Gasteiger partial charge in [-0.3, -0.25) is 0 Å². The summed E-state index contributed by atoms with van der Waals surface area (Å²) in [6.45, 7) is 0. The van der Waals surface area contributed by atoms with Crippen molar-refractivity contribution in [1.29, 1.82) is 0 Å². The average Bonchev–Trinajstić information content (AvgIpc) is 3.20. The van der Waals surface area contributed by atoms with E-state index in [2.05, 4.69) is 120 Å². The van der Waals surface area contributed by atoms with Gasteiger partial charge >= 0.3 is 143 Å². The summed E-state index contributed by atoms with van der Waals surface area (Å²) in [6, 6.07) is 37.0. The Balaban J connectivity index is 2.12. The molecule has 0 radical (unpaired) electrons. The van der Waals surface area contributed by atoms with Gasteiger partial charge in [-0.15, -0.1) is 0 Å². The van der Waals surface area contributed by atoms with Crippen LogP contribution in [0.3, 0.4) is 0 Å². The van der Waals surface area contributed by atoms with Gasteiger partial charge in [-0.2, -0.15) is 0 Å². The Bertz CT molecular complexity index is 788. The molecule has 0 unspecified atom stereocenters. The van der Waals surface area contributed by atoms with Crippen LogP contribution >= 0.6 is 7.41 Å². The van der Waals surface area contributed by atoms with Crippen molar-refractivity contribution < 1.29 is 0 Å². The van der Waals surface area contributed by atoms with Crippen LogP contribution in [0.2, 0.25) is 0 Å². The zero-order valence-electron chi connectivity index (χ0n) is 13.4. The van der Waals surface area contributed by atoms with E-state index in [1.54, 1.807) is 0 Å². The first kappa shape index (κ1) is 14.9. The van der Waals surface area contributed by atoms with Gasteiger partial charge < -0.3 is 0 Å². The summed E-state index contributed by atoms with van der Waals surface area (Å²) >= 11 is 0.